The Labute approximate surface area is 103 Å². The fourth-order valence-electron chi connectivity index (χ4n) is 2.70. The summed E-state index contributed by atoms with van der Waals surface area (Å²) in [6.45, 7) is 4.47. The molecule has 0 spiro atoms. The summed E-state index contributed by atoms with van der Waals surface area (Å²) >= 11 is 0. The molecule has 0 aromatic heterocycles. The first kappa shape index (κ1) is 12.6. The standard InChI is InChI=1S/C15H22FN/c1-3-4-5-11(2)17-15-9-6-12-10-13(16)7-8-14(12)15/h7-8,10-11,15,17H,3-6,9H2,1-2H3. The lowest BCUT2D eigenvalue weighted by Crippen LogP contribution is -2.29. The molecule has 0 bridgehead atoms. The van der Waals surface area contributed by atoms with Gasteiger partial charge in [0.05, 0.1) is 0 Å². The summed E-state index contributed by atoms with van der Waals surface area (Å²) in [6.07, 6.45) is 5.86. The fraction of sp³-hybridized carbons (Fsp3) is 0.600. The van der Waals surface area contributed by atoms with Crippen LogP contribution in [0.3, 0.4) is 0 Å². The molecule has 0 saturated carbocycles. The van der Waals surface area contributed by atoms with Crippen LogP contribution in [0.15, 0.2) is 18.2 Å². The Balaban J connectivity index is 1.97. The van der Waals surface area contributed by atoms with Crippen LogP contribution in [0.25, 0.3) is 0 Å². The molecular formula is C15H22FN. The number of benzene rings is 1. The van der Waals surface area contributed by atoms with E-state index in [1.807, 2.05) is 6.07 Å². The van der Waals surface area contributed by atoms with Crippen LogP contribution in [-0.2, 0) is 6.42 Å². The number of fused-ring (bicyclic) bond motifs is 1. The van der Waals surface area contributed by atoms with Crippen molar-refractivity contribution in [1.82, 2.24) is 5.32 Å². The van der Waals surface area contributed by atoms with Crippen molar-refractivity contribution in [2.45, 2.75) is 58.0 Å². The van der Waals surface area contributed by atoms with Gasteiger partial charge in [-0.05, 0) is 49.4 Å². The summed E-state index contributed by atoms with van der Waals surface area (Å²) in [6, 6.07) is 6.19. The van der Waals surface area contributed by atoms with Crippen molar-refractivity contribution in [3.05, 3.63) is 35.1 Å². The monoisotopic (exact) mass is 235 g/mol. The van der Waals surface area contributed by atoms with Crippen molar-refractivity contribution in [2.24, 2.45) is 0 Å². The Morgan fingerprint density at radius 1 is 1.47 bits per heavy atom. The van der Waals surface area contributed by atoms with Crippen molar-refractivity contribution < 1.29 is 4.39 Å². The molecule has 1 aliphatic rings. The summed E-state index contributed by atoms with van der Waals surface area (Å²) in [4.78, 5) is 0. The third kappa shape index (κ3) is 3.06. The van der Waals surface area contributed by atoms with E-state index >= 15 is 0 Å². The molecule has 94 valence electrons. The maximum atomic E-state index is 13.1. The van der Waals surface area contributed by atoms with Gasteiger partial charge in [-0.15, -0.1) is 0 Å². The van der Waals surface area contributed by atoms with E-state index in [2.05, 4.69) is 19.2 Å². The molecule has 1 aliphatic carbocycles. The van der Waals surface area contributed by atoms with Gasteiger partial charge in [-0.3, -0.25) is 0 Å². The number of nitrogens with one attached hydrogen (secondary N) is 1. The quantitative estimate of drug-likeness (QED) is 0.814. The maximum absolute atomic E-state index is 13.1. The van der Waals surface area contributed by atoms with E-state index in [0.29, 0.717) is 12.1 Å². The molecule has 2 unspecified atom stereocenters. The SMILES string of the molecule is CCCCC(C)NC1CCc2cc(F)ccc21. The van der Waals surface area contributed by atoms with E-state index in [0.717, 1.165) is 12.8 Å². The van der Waals surface area contributed by atoms with E-state index in [-0.39, 0.29) is 5.82 Å². The summed E-state index contributed by atoms with van der Waals surface area (Å²) < 4.78 is 13.1. The predicted molar refractivity (Wildman–Crippen MR) is 69.6 cm³/mol. The zero-order valence-electron chi connectivity index (χ0n) is 10.8. The second-order valence-electron chi connectivity index (χ2n) is 5.14. The van der Waals surface area contributed by atoms with Crippen molar-refractivity contribution in [3.63, 3.8) is 0 Å². The molecule has 2 heteroatoms. The molecule has 0 radical (unpaired) electrons. The molecule has 1 aromatic rings. The predicted octanol–water partition coefficient (Wildman–Crippen LogP) is 3.98. The number of hydrogen-bond donors (Lipinski definition) is 1. The van der Waals surface area contributed by atoms with E-state index < -0.39 is 0 Å². The number of rotatable bonds is 5. The zero-order chi connectivity index (χ0) is 12.3. The zero-order valence-corrected chi connectivity index (χ0v) is 10.8. The largest absolute Gasteiger partial charge is 0.307 e. The molecule has 0 aliphatic heterocycles. The lowest BCUT2D eigenvalue weighted by atomic mass is 10.1. The second-order valence-corrected chi connectivity index (χ2v) is 5.14. The Kier molecular flexibility index (Phi) is 4.16. The minimum atomic E-state index is -0.108. The van der Waals surface area contributed by atoms with Crippen LogP contribution in [0.4, 0.5) is 4.39 Å². The minimum absolute atomic E-state index is 0.108. The van der Waals surface area contributed by atoms with Crippen LogP contribution in [0.1, 0.15) is 56.7 Å². The van der Waals surface area contributed by atoms with E-state index in [1.165, 1.54) is 30.4 Å². The van der Waals surface area contributed by atoms with Gasteiger partial charge in [0, 0.05) is 12.1 Å². The lowest BCUT2D eigenvalue weighted by Gasteiger charge is -2.20. The van der Waals surface area contributed by atoms with E-state index in [1.54, 1.807) is 12.1 Å². The van der Waals surface area contributed by atoms with E-state index in [9.17, 15) is 4.39 Å². The molecule has 0 heterocycles. The average molecular weight is 235 g/mol. The summed E-state index contributed by atoms with van der Waals surface area (Å²) in [5, 5.41) is 3.67. The molecule has 1 N–H and O–H groups in total. The van der Waals surface area contributed by atoms with Gasteiger partial charge in [-0.2, -0.15) is 0 Å². The van der Waals surface area contributed by atoms with Gasteiger partial charge in [-0.1, -0.05) is 25.8 Å². The van der Waals surface area contributed by atoms with Crippen LogP contribution in [-0.4, -0.2) is 6.04 Å². The van der Waals surface area contributed by atoms with Crippen LogP contribution in [0.2, 0.25) is 0 Å². The van der Waals surface area contributed by atoms with Crippen LogP contribution in [0.5, 0.6) is 0 Å². The molecule has 2 atom stereocenters. The van der Waals surface area contributed by atoms with Gasteiger partial charge in [0.15, 0.2) is 0 Å². The van der Waals surface area contributed by atoms with Gasteiger partial charge in [0.1, 0.15) is 5.82 Å². The summed E-state index contributed by atoms with van der Waals surface area (Å²) in [5.41, 5.74) is 2.49. The Morgan fingerprint density at radius 2 is 2.29 bits per heavy atom. The average Bonchev–Trinajstić information content (AvgIpc) is 2.69. The molecule has 17 heavy (non-hydrogen) atoms. The number of unbranched alkanes of at least 4 members (excludes halogenated alkanes) is 1. The van der Waals surface area contributed by atoms with Gasteiger partial charge in [0.2, 0.25) is 0 Å². The minimum Gasteiger partial charge on any atom is -0.307 e. The van der Waals surface area contributed by atoms with Crippen LogP contribution < -0.4 is 5.32 Å². The second kappa shape index (κ2) is 5.63. The van der Waals surface area contributed by atoms with Crippen molar-refractivity contribution in [2.75, 3.05) is 0 Å². The van der Waals surface area contributed by atoms with Crippen LogP contribution in [0, 0.1) is 5.82 Å². The van der Waals surface area contributed by atoms with Crippen molar-refractivity contribution in [1.29, 1.82) is 0 Å². The lowest BCUT2D eigenvalue weighted by molar-refractivity contribution is 0.424. The first-order chi connectivity index (χ1) is 8.20. The first-order valence-corrected chi connectivity index (χ1v) is 6.75. The number of hydrogen-bond acceptors (Lipinski definition) is 1. The Bertz CT molecular complexity index is 375. The Hall–Kier alpha value is -0.890. The molecule has 0 fully saturated rings. The van der Waals surface area contributed by atoms with Crippen molar-refractivity contribution >= 4 is 0 Å². The highest BCUT2D eigenvalue weighted by Gasteiger charge is 2.23. The van der Waals surface area contributed by atoms with Crippen LogP contribution >= 0.6 is 0 Å². The van der Waals surface area contributed by atoms with Gasteiger partial charge < -0.3 is 5.32 Å². The molecule has 1 nitrogen and oxygen atoms in total. The van der Waals surface area contributed by atoms with Gasteiger partial charge in [0.25, 0.3) is 0 Å². The van der Waals surface area contributed by atoms with Crippen molar-refractivity contribution in [3.8, 4) is 0 Å². The molecule has 2 rings (SSSR count). The third-order valence-corrected chi connectivity index (χ3v) is 3.66. The normalized spacial score (nSPS) is 20.3. The highest BCUT2D eigenvalue weighted by molar-refractivity contribution is 5.35. The summed E-state index contributed by atoms with van der Waals surface area (Å²) in [5.74, 6) is -0.108. The Morgan fingerprint density at radius 3 is 3.06 bits per heavy atom. The topological polar surface area (TPSA) is 12.0 Å². The molecular weight excluding hydrogens is 213 g/mol. The summed E-state index contributed by atoms with van der Waals surface area (Å²) in [7, 11) is 0. The first-order valence-electron chi connectivity index (χ1n) is 6.75. The third-order valence-electron chi connectivity index (χ3n) is 3.66. The number of aryl methyl sites for hydroxylation is 1. The highest BCUT2D eigenvalue weighted by atomic mass is 19.1. The van der Waals surface area contributed by atoms with Gasteiger partial charge in [-0.25, -0.2) is 4.39 Å². The smallest absolute Gasteiger partial charge is 0.123 e. The molecule has 0 amide bonds. The molecule has 1 aromatic carbocycles. The maximum Gasteiger partial charge on any atom is 0.123 e. The van der Waals surface area contributed by atoms with Gasteiger partial charge >= 0.3 is 0 Å². The molecule has 0 saturated heterocycles. The number of halogens is 1. The van der Waals surface area contributed by atoms with E-state index in [4.69, 9.17) is 0 Å². The fourth-order valence-corrected chi connectivity index (χ4v) is 2.70. The highest BCUT2D eigenvalue weighted by Crippen LogP contribution is 2.32.